The minimum Gasteiger partial charge on any atom is -0.361 e. The van der Waals surface area contributed by atoms with E-state index in [1.54, 1.807) is 0 Å². The first-order valence-electron chi connectivity index (χ1n) is 10.1. The smallest absolute Gasteiger partial charge is 0.204 e. The highest BCUT2D eigenvalue weighted by molar-refractivity contribution is 5.85. The van der Waals surface area contributed by atoms with Gasteiger partial charge in [-0.25, -0.2) is 0 Å². The summed E-state index contributed by atoms with van der Waals surface area (Å²) >= 11 is 0. The van der Waals surface area contributed by atoms with Gasteiger partial charge in [0.15, 0.2) is 0 Å². The topological polar surface area (TPSA) is 42.9 Å². The number of benzene rings is 1. The lowest BCUT2D eigenvalue weighted by Gasteiger charge is -2.07. The number of unbranched alkanes of at least 4 members (excludes halogenated alkanes) is 7. The zero-order chi connectivity index (χ0) is 17.9. The maximum absolute atomic E-state index is 8.51. The summed E-state index contributed by atoms with van der Waals surface area (Å²) in [7, 11) is 0. The number of imidazole rings is 1. The third kappa shape index (κ3) is 6.48. The molecule has 0 saturated heterocycles. The van der Waals surface area contributed by atoms with Gasteiger partial charge < -0.3 is 9.30 Å². The second-order valence-electron chi connectivity index (χ2n) is 6.90. The number of nitrogens with one attached hydrogen (secondary N) is 1. The van der Waals surface area contributed by atoms with E-state index in [-0.39, 0.29) is 12.4 Å². The van der Waals surface area contributed by atoms with Crippen LogP contribution >= 0.6 is 12.4 Å². The predicted octanol–water partition coefficient (Wildman–Crippen LogP) is 5.87. The van der Waals surface area contributed by atoms with Crippen molar-refractivity contribution in [3.8, 4) is 0 Å². The lowest BCUT2D eigenvalue weighted by Crippen LogP contribution is -2.25. The first-order valence-corrected chi connectivity index (χ1v) is 10.1. The van der Waals surface area contributed by atoms with E-state index >= 15 is 0 Å². The number of rotatable bonds is 13. The fourth-order valence-corrected chi connectivity index (χ4v) is 3.28. The van der Waals surface area contributed by atoms with Gasteiger partial charge in [0.1, 0.15) is 6.73 Å². The largest absolute Gasteiger partial charge is 0.361 e. The Morgan fingerprint density at radius 1 is 0.808 bits per heavy atom. The molecule has 1 heterocycles. The molecule has 0 unspecified atom stereocenters. The van der Waals surface area contributed by atoms with E-state index in [9.17, 15) is 0 Å². The molecule has 148 valence electrons. The molecule has 0 aliphatic heterocycles. The van der Waals surface area contributed by atoms with Crippen LogP contribution in [0.3, 0.4) is 0 Å². The molecule has 1 aromatic heterocycles. The Labute approximate surface area is 164 Å². The monoisotopic (exact) mass is 381 g/mol. The van der Waals surface area contributed by atoms with Crippen LogP contribution in [0.4, 0.5) is 0 Å². The number of halogens is 1. The molecule has 26 heavy (non-hydrogen) atoms. The summed E-state index contributed by atoms with van der Waals surface area (Å²) in [5, 5.41) is 8.51. The van der Waals surface area contributed by atoms with Crippen molar-refractivity contribution in [2.75, 3.05) is 6.61 Å². The van der Waals surface area contributed by atoms with Crippen LogP contribution < -0.4 is 5.62 Å². The number of hydrogen-bond donors (Lipinski definition) is 1. The summed E-state index contributed by atoms with van der Waals surface area (Å²) in [5.74, 6) is 0. The molecule has 0 atom stereocenters. The Morgan fingerprint density at radius 3 is 2.04 bits per heavy atom. The highest BCUT2D eigenvalue weighted by atomic mass is 35.5. The lowest BCUT2D eigenvalue weighted by molar-refractivity contribution is 0.0729. The minimum absolute atomic E-state index is 0. The van der Waals surface area contributed by atoms with Gasteiger partial charge in [0, 0.05) is 13.2 Å². The first-order chi connectivity index (χ1) is 12.3. The number of fused-ring (bicyclic) bond motifs is 1. The Morgan fingerprint density at radius 2 is 1.38 bits per heavy atom. The van der Waals surface area contributed by atoms with E-state index in [4.69, 9.17) is 10.1 Å². The molecule has 0 bridgehead atoms. The SMILES string of the molecule is CCCCCCCCCOCn1c(=N)n(CCCC)c2ccccc21.Cl. The van der Waals surface area contributed by atoms with Crippen LogP contribution in [0.25, 0.3) is 11.0 Å². The Bertz CT molecular complexity index is 677. The molecule has 0 amide bonds. The maximum Gasteiger partial charge on any atom is 0.204 e. The predicted molar refractivity (Wildman–Crippen MR) is 112 cm³/mol. The average Bonchev–Trinajstić information content (AvgIpc) is 2.90. The zero-order valence-corrected chi connectivity index (χ0v) is 17.3. The van der Waals surface area contributed by atoms with E-state index in [0.717, 1.165) is 43.4 Å². The molecule has 0 aliphatic rings. The summed E-state index contributed by atoms with van der Waals surface area (Å²) < 4.78 is 9.98. The molecule has 4 nitrogen and oxygen atoms in total. The van der Waals surface area contributed by atoms with Gasteiger partial charge in [-0.15, -0.1) is 12.4 Å². The van der Waals surface area contributed by atoms with E-state index in [1.807, 2.05) is 16.7 Å². The lowest BCUT2D eigenvalue weighted by atomic mass is 10.1. The molecule has 0 radical (unpaired) electrons. The molecule has 0 saturated carbocycles. The highest BCUT2D eigenvalue weighted by Crippen LogP contribution is 2.14. The van der Waals surface area contributed by atoms with Crippen molar-refractivity contribution in [3.63, 3.8) is 0 Å². The molecule has 0 aliphatic carbocycles. The van der Waals surface area contributed by atoms with Gasteiger partial charge in [0.2, 0.25) is 5.62 Å². The van der Waals surface area contributed by atoms with Crippen LogP contribution in [-0.2, 0) is 18.0 Å². The molecule has 5 heteroatoms. The number of hydrogen-bond acceptors (Lipinski definition) is 2. The van der Waals surface area contributed by atoms with Crippen LogP contribution in [0.5, 0.6) is 0 Å². The van der Waals surface area contributed by atoms with Gasteiger partial charge in [0.25, 0.3) is 0 Å². The Balaban J connectivity index is 0.00000338. The number of nitrogens with zero attached hydrogens (tertiary/aromatic N) is 2. The third-order valence-corrected chi connectivity index (χ3v) is 4.82. The second kappa shape index (κ2) is 13.0. The summed E-state index contributed by atoms with van der Waals surface area (Å²) in [6.45, 7) is 6.61. The number of para-hydroxylation sites is 2. The van der Waals surface area contributed by atoms with Crippen molar-refractivity contribution in [2.24, 2.45) is 0 Å². The van der Waals surface area contributed by atoms with Crippen LogP contribution in [0.2, 0.25) is 0 Å². The van der Waals surface area contributed by atoms with Crippen LogP contribution in [-0.4, -0.2) is 15.7 Å². The highest BCUT2D eigenvalue weighted by Gasteiger charge is 2.09. The maximum atomic E-state index is 8.51. The van der Waals surface area contributed by atoms with E-state index in [0.29, 0.717) is 12.3 Å². The van der Waals surface area contributed by atoms with Crippen molar-refractivity contribution in [3.05, 3.63) is 29.9 Å². The summed E-state index contributed by atoms with van der Waals surface area (Å²) in [5.41, 5.74) is 2.79. The fraction of sp³-hybridized carbons (Fsp3) is 0.667. The van der Waals surface area contributed by atoms with Crippen molar-refractivity contribution in [1.29, 1.82) is 5.41 Å². The van der Waals surface area contributed by atoms with Crippen LogP contribution in [0.15, 0.2) is 24.3 Å². The summed E-state index contributed by atoms with van der Waals surface area (Å²) in [6, 6.07) is 8.29. The van der Waals surface area contributed by atoms with Gasteiger partial charge >= 0.3 is 0 Å². The van der Waals surface area contributed by atoms with E-state index < -0.39 is 0 Å². The van der Waals surface area contributed by atoms with Crippen molar-refractivity contribution < 1.29 is 4.74 Å². The Kier molecular flexibility index (Phi) is 11.4. The number of ether oxygens (including phenoxy) is 1. The minimum atomic E-state index is 0. The first kappa shape index (κ1) is 22.8. The summed E-state index contributed by atoms with van der Waals surface area (Å²) in [6.07, 6.45) is 11.3. The van der Waals surface area contributed by atoms with Gasteiger partial charge in [-0.05, 0) is 25.0 Å². The van der Waals surface area contributed by atoms with Gasteiger partial charge in [0.05, 0.1) is 11.0 Å². The summed E-state index contributed by atoms with van der Waals surface area (Å²) in [4.78, 5) is 0. The van der Waals surface area contributed by atoms with Gasteiger partial charge in [-0.3, -0.25) is 9.98 Å². The van der Waals surface area contributed by atoms with Gasteiger partial charge in [-0.2, -0.15) is 0 Å². The molecule has 1 aromatic carbocycles. The van der Waals surface area contributed by atoms with E-state index in [1.165, 1.54) is 38.5 Å². The number of aromatic nitrogens is 2. The standard InChI is InChI=1S/C21H35N3O.ClH/c1-3-5-7-8-9-10-13-17-25-18-24-20-15-12-11-14-19(20)23(21(24)22)16-6-4-2;/h11-12,14-15,22H,3-10,13,16-18H2,1-2H3;1H. The second-order valence-corrected chi connectivity index (χ2v) is 6.90. The quantitative estimate of drug-likeness (QED) is 0.433. The average molecular weight is 382 g/mol. The third-order valence-electron chi connectivity index (χ3n) is 4.82. The van der Waals surface area contributed by atoms with Crippen molar-refractivity contribution >= 4 is 23.4 Å². The number of aryl methyl sites for hydroxylation is 1. The van der Waals surface area contributed by atoms with Crippen molar-refractivity contribution in [1.82, 2.24) is 9.13 Å². The molecule has 0 spiro atoms. The molecule has 0 fully saturated rings. The molecule has 1 N–H and O–H groups in total. The van der Waals surface area contributed by atoms with Crippen LogP contribution in [0, 0.1) is 5.41 Å². The normalized spacial score (nSPS) is 11.0. The zero-order valence-electron chi connectivity index (χ0n) is 16.5. The molecule has 2 aromatic rings. The van der Waals surface area contributed by atoms with Gasteiger partial charge in [-0.1, -0.05) is 70.9 Å². The molecular formula is C21H36ClN3O. The fourth-order valence-electron chi connectivity index (χ4n) is 3.28. The molecular weight excluding hydrogens is 346 g/mol. The van der Waals surface area contributed by atoms with Crippen LogP contribution in [0.1, 0.15) is 71.6 Å². The van der Waals surface area contributed by atoms with Crippen molar-refractivity contribution in [2.45, 2.75) is 84.9 Å². The molecule has 2 rings (SSSR count). The Hall–Kier alpha value is -1.26. The van der Waals surface area contributed by atoms with E-state index in [2.05, 4.69) is 30.5 Å².